The molecule has 0 saturated heterocycles. The third-order valence-electron chi connectivity index (χ3n) is 3.42. The zero-order chi connectivity index (χ0) is 14.8. The van der Waals surface area contributed by atoms with Gasteiger partial charge in [-0.15, -0.1) is 0 Å². The number of aliphatic hydroxyl groups is 1. The Morgan fingerprint density at radius 3 is 2.60 bits per heavy atom. The maximum atomic E-state index is 11.2. The third kappa shape index (κ3) is 2.85. The molecule has 0 bridgehead atoms. The second-order valence-corrected chi connectivity index (χ2v) is 5.92. The first-order valence-corrected chi connectivity index (χ1v) is 7.50. The van der Waals surface area contributed by atoms with Crippen LogP contribution in [0, 0.1) is 0 Å². The molecule has 0 saturated carbocycles. The van der Waals surface area contributed by atoms with Gasteiger partial charge in [0.05, 0.1) is 7.11 Å². The fourth-order valence-corrected chi connectivity index (χ4v) is 2.87. The van der Waals surface area contributed by atoms with Crippen molar-refractivity contribution >= 4 is 27.5 Å². The quantitative estimate of drug-likeness (QED) is 0.857. The minimum Gasteiger partial charge on any atom is -0.496 e. The first-order valence-electron chi connectivity index (χ1n) is 6.33. The number of benzene rings is 2. The van der Waals surface area contributed by atoms with Gasteiger partial charge in [-0.2, -0.15) is 0 Å². The number of hydrogen-bond donors (Lipinski definition) is 1. The Balaban J connectivity index is 2.64. The van der Waals surface area contributed by atoms with Crippen molar-refractivity contribution in [1.82, 2.24) is 0 Å². The van der Waals surface area contributed by atoms with E-state index in [1.54, 1.807) is 25.3 Å². The van der Waals surface area contributed by atoms with E-state index in [0.29, 0.717) is 22.8 Å². The van der Waals surface area contributed by atoms with Gasteiger partial charge in [-0.25, -0.2) is 0 Å². The van der Waals surface area contributed by atoms with Crippen LogP contribution >= 0.6 is 27.5 Å². The first-order chi connectivity index (χ1) is 9.51. The molecule has 2 aromatic carbocycles. The number of halogens is 2. The largest absolute Gasteiger partial charge is 0.496 e. The Morgan fingerprint density at radius 1 is 1.25 bits per heavy atom. The Labute approximate surface area is 132 Å². The van der Waals surface area contributed by atoms with Crippen molar-refractivity contribution in [2.24, 2.45) is 0 Å². The second kappa shape index (κ2) is 6.17. The van der Waals surface area contributed by atoms with Crippen LogP contribution in [0.25, 0.3) is 0 Å². The van der Waals surface area contributed by atoms with E-state index in [2.05, 4.69) is 15.9 Å². The van der Waals surface area contributed by atoms with Gasteiger partial charge >= 0.3 is 0 Å². The molecular weight excluding hydrogens is 340 g/mol. The van der Waals surface area contributed by atoms with E-state index in [-0.39, 0.29) is 0 Å². The molecule has 2 nitrogen and oxygen atoms in total. The van der Waals surface area contributed by atoms with Crippen molar-refractivity contribution in [3.8, 4) is 5.75 Å². The summed E-state index contributed by atoms with van der Waals surface area (Å²) in [5, 5.41) is 11.7. The molecule has 0 aliphatic heterocycles. The van der Waals surface area contributed by atoms with Gasteiger partial charge < -0.3 is 9.84 Å². The van der Waals surface area contributed by atoms with E-state index < -0.39 is 5.60 Å². The highest BCUT2D eigenvalue weighted by Gasteiger charge is 2.33. The normalized spacial score (nSPS) is 13.8. The van der Waals surface area contributed by atoms with Gasteiger partial charge in [-0.05, 0) is 42.3 Å². The van der Waals surface area contributed by atoms with Crippen molar-refractivity contribution < 1.29 is 9.84 Å². The molecule has 0 spiro atoms. The molecule has 4 heteroatoms. The van der Waals surface area contributed by atoms with Crippen LogP contribution in [-0.2, 0) is 5.60 Å². The standard InChI is InChI=1S/C16H16BrClO2/c1-3-16(19,11-5-4-6-12(17)9-11)14-10-13(18)7-8-15(14)20-2/h4-10,19H,3H2,1-2H3. The van der Waals surface area contributed by atoms with Crippen LogP contribution in [-0.4, -0.2) is 12.2 Å². The Hall–Kier alpha value is -1.03. The van der Waals surface area contributed by atoms with Crippen molar-refractivity contribution in [1.29, 1.82) is 0 Å². The molecule has 0 heterocycles. The van der Waals surface area contributed by atoms with Gasteiger partial charge in [-0.3, -0.25) is 0 Å². The van der Waals surface area contributed by atoms with Crippen LogP contribution in [0.4, 0.5) is 0 Å². The van der Waals surface area contributed by atoms with Crippen LogP contribution in [0.15, 0.2) is 46.9 Å². The Morgan fingerprint density at radius 2 is 2.00 bits per heavy atom. The molecule has 0 fully saturated rings. The minimum atomic E-state index is -1.14. The van der Waals surface area contributed by atoms with Crippen LogP contribution in [0.5, 0.6) is 5.75 Å². The molecule has 0 aromatic heterocycles. The third-order valence-corrected chi connectivity index (χ3v) is 4.15. The number of hydrogen-bond acceptors (Lipinski definition) is 2. The maximum Gasteiger partial charge on any atom is 0.125 e. The highest BCUT2D eigenvalue weighted by molar-refractivity contribution is 9.10. The number of ether oxygens (including phenoxy) is 1. The van der Waals surface area contributed by atoms with E-state index in [0.717, 1.165) is 10.0 Å². The molecule has 1 atom stereocenters. The lowest BCUT2D eigenvalue weighted by Gasteiger charge is -2.30. The highest BCUT2D eigenvalue weighted by Crippen LogP contribution is 2.40. The van der Waals surface area contributed by atoms with Gasteiger partial charge in [0.25, 0.3) is 0 Å². The highest BCUT2D eigenvalue weighted by atomic mass is 79.9. The molecule has 20 heavy (non-hydrogen) atoms. The average Bonchev–Trinajstić information content (AvgIpc) is 2.46. The maximum absolute atomic E-state index is 11.2. The summed E-state index contributed by atoms with van der Waals surface area (Å²) < 4.78 is 6.29. The SMILES string of the molecule is CCC(O)(c1cccc(Br)c1)c1cc(Cl)ccc1OC. The van der Waals surface area contributed by atoms with E-state index in [1.165, 1.54) is 0 Å². The molecule has 106 valence electrons. The monoisotopic (exact) mass is 354 g/mol. The predicted octanol–water partition coefficient (Wildman–Crippen LogP) is 4.76. The van der Waals surface area contributed by atoms with Crippen LogP contribution in [0.1, 0.15) is 24.5 Å². The van der Waals surface area contributed by atoms with Gasteiger partial charge in [0, 0.05) is 15.1 Å². The molecule has 0 aliphatic rings. The van der Waals surface area contributed by atoms with Gasteiger partial charge in [-0.1, -0.05) is 46.6 Å². The number of rotatable bonds is 4. The first kappa shape index (κ1) is 15.4. The van der Waals surface area contributed by atoms with E-state index in [1.807, 2.05) is 31.2 Å². The number of methoxy groups -OCH3 is 1. The van der Waals surface area contributed by atoms with Crippen molar-refractivity contribution in [2.75, 3.05) is 7.11 Å². The van der Waals surface area contributed by atoms with Crippen molar-refractivity contribution in [3.05, 3.63) is 63.1 Å². The van der Waals surface area contributed by atoms with Crippen LogP contribution < -0.4 is 4.74 Å². The molecule has 1 N–H and O–H groups in total. The van der Waals surface area contributed by atoms with Crippen LogP contribution in [0.2, 0.25) is 5.02 Å². The fourth-order valence-electron chi connectivity index (χ4n) is 2.30. The smallest absolute Gasteiger partial charge is 0.125 e. The summed E-state index contributed by atoms with van der Waals surface area (Å²) in [6.07, 6.45) is 0.514. The summed E-state index contributed by atoms with van der Waals surface area (Å²) in [6.45, 7) is 1.93. The minimum absolute atomic E-state index is 0.514. The molecule has 0 radical (unpaired) electrons. The van der Waals surface area contributed by atoms with E-state index in [9.17, 15) is 5.11 Å². The molecule has 0 aliphatic carbocycles. The molecule has 1 unspecified atom stereocenters. The molecule has 0 amide bonds. The van der Waals surface area contributed by atoms with E-state index in [4.69, 9.17) is 16.3 Å². The predicted molar refractivity (Wildman–Crippen MR) is 85.4 cm³/mol. The lowest BCUT2D eigenvalue weighted by atomic mass is 9.83. The summed E-state index contributed by atoms with van der Waals surface area (Å²) in [7, 11) is 1.59. The van der Waals surface area contributed by atoms with Crippen molar-refractivity contribution in [3.63, 3.8) is 0 Å². The lowest BCUT2D eigenvalue weighted by molar-refractivity contribution is 0.0736. The van der Waals surface area contributed by atoms with Gasteiger partial charge in [0.1, 0.15) is 11.4 Å². The summed E-state index contributed by atoms with van der Waals surface area (Å²) in [4.78, 5) is 0. The second-order valence-electron chi connectivity index (χ2n) is 4.57. The topological polar surface area (TPSA) is 29.5 Å². The van der Waals surface area contributed by atoms with Crippen LogP contribution in [0.3, 0.4) is 0 Å². The zero-order valence-corrected chi connectivity index (χ0v) is 13.7. The summed E-state index contributed by atoms with van der Waals surface area (Å²) >= 11 is 9.52. The Bertz CT molecular complexity index is 615. The molecule has 2 rings (SSSR count). The zero-order valence-electron chi connectivity index (χ0n) is 11.4. The Kier molecular flexibility index (Phi) is 4.74. The lowest BCUT2D eigenvalue weighted by Crippen LogP contribution is -2.27. The fraction of sp³-hybridized carbons (Fsp3) is 0.250. The summed E-state index contributed by atoms with van der Waals surface area (Å²) in [6, 6.07) is 12.9. The van der Waals surface area contributed by atoms with E-state index >= 15 is 0 Å². The summed E-state index contributed by atoms with van der Waals surface area (Å²) in [5.74, 6) is 0.624. The van der Waals surface area contributed by atoms with Crippen molar-refractivity contribution in [2.45, 2.75) is 18.9 Å². The molecule has 2 aromatic rings. The molecular formula is C16H16BrClO2. The summed E-state index contributed by atoms with van der Waals surface area (Å²) in [5.41, 5.74) is 0.336. The average molecular weight is 356 g/mol. The van der Waals surface area contributed by atoms with Gasteiger partial charge in [0.2, 0.25) is 0 Å². The van der Waals surface area contributed by atoms with Gasteiger partial charge in [0.15, 0.2) is 0 Å².